The molecule has 0 bridgehead atoms. The molecule has 0 unspecified atom stereocenters. The Bertz CT molecular complexity index is 931. The second-order valence-electron chi connectivity index (χ2n) is 7.68. The summed E-state index contributed by atoms with van der Waals surface area (Å²) < 4.78 is 5.85. The predicted molar refractivity (Wildman–Crippen MR) is 118 cm³/mol. The summed E-state index contributed by atoms with van der Waals surface area (Å²) in [6.45, 7) is 1.91. The largest absolute Gasteiger partial charge is 0.477 e. The minimum absolute atomic E-state index is 0.131. The van der Waals surface area contributed by atoms with E-state index in [9.17, 15) is 14.7 Å². The normalized spacial score (nSPS) is 14.5. The van der Waals surface area contributed by atoms with E-state index in [1.807, 2.05) is 13.0 Å². The first kappa shape index (κ1) is 21.9. The van der Waals surface area contributed by atoms with Crippen LogP contribution in [0.1, 0.15) is 49.7 Å². The van der Waals surface area contributed by atoms with Gasteiger partial charge in [0.1, 0.15) is 17.2 Å². The lowest BCUT2D eigenvalue weighted by Gasteiger charge is -2.10. The summed E-state index contributed by atoms with van der Waals surface area (Å²) >= 11 is 5.96. The summed E-state index contributed by atoms with van der Waals surface area (Å²) in [5, 5.41) is 12.6. The average Bonchev–Trinajstić information content (AvgIpc) is 3.23. The van der Waals surface area contributed by atoms with Crippen molar-refractivity contribution in [1.29, 1.82) is 0 Å². The molecule has 2 aromatic carbocycles. The molecule has 1 aliphatic rings. The lowest BCUT2D eigenvalue weighted by molar-refractivity contribution is -0.134. The van der Waals surface area contributed by atoms with Gasteiger partial charge in [-0.1, -0.05) is 49.4 Å². The van der Waals surface area contributed by atoms with Crippen LogP contribution in [0.4, 0.5) is 0 Å². The number of ether oxygens (including phenoxy) is 1. The number of hydrogen-bond donors (Lipinski definition) is 2. The van der Waals surface area contributed by atoms with E-state index in [-0.39, 0.29) is 11.6 Å². The van der Waals surface area contributed by atoms with Gasteiger partial charge in [-0.05, 0) is 66.8 Å². The molecule has 158 valence electrons. The van der Waals surface area contributed by atoms with Crippen LogP contribution in [0, 0.1) is 12.8 Å². The molecule has 2 aromatic rings. The quantitative estimate of drug-likeness (QED) is 0.510. The first-order valence-corrected chi connectivity index (χ1v) is 10.6. The molecule has 1 aliphatic carbocycles. The standard InChI is InChI=1S/C24H26ClNO4/c1-16-14-19(25)9-12-22(16)30-20-10-6-18(7-11-20)15-21(24(28)29)26-23(27)13-8-17-4-2-3-5-17/h6-7,9-12,14-15,17H,2-5,8,13H2,1H3,(H,26,27)(H,28,29)/b21-15+. The predicted octanol–water partition coefficient (Wildman–Crippen LogP) is 5.95. The van der Waals surface area contributed by atoms with Crippen LogP contribution in [0.2, 0.25) is 5.02 Å². The molecule has 0 atom stereocenters. The first-order valence-electron chi connectivity index (χ1n) is 10.2. The minimum Gasteiger partial charge on any atom is -0.477 e. The zero-order chi connectivity index (χ0) is 21.5. The third-order valence-corrected chi connectivity index (χ3v) is 5.55. The van der Waals surface area contributed by atoms with Crippen molar-refractivity contribution in [2.45, 2.75) is 45.4 Å². The molecule has 5 nitrogen and oxygen atoms in total. The van der Waals surface area contributed by atoms with Gasteiger partial charge in [-0.15, -0.1) is 0 Å². The number of hydrogen-bond acceptors (Lipinski definition) is 3. The Hall–Kier alpha value is -2.79. The van der Waals surface area contributed by atoms with E-state index in [0.717, 1.165) is 12.0 Å². The third-order valence-electron chi connectivity index (χ3n) is 5.31. The molecular weight excluding hydrogens is 402 g/mol. The lowest BCUT2D eigenvalue weighted by atomic mass is 10.0. The monoisotopic (exact) mass is 427 g/mol. The summed E-state index contributed by atoms with van der Waals surface area (Å²) in [4.78, 5) is 23.7. The number of aliphatic carboxylic acids is 1. The molecule has 3 rings (SSSR count). The van der Waals surface area contributed by atoms with E-state index < -0.39 is 5.97 Å². The van der Waals surface area contributed by atoms with Crippen LogP contribution in [0.15, 0.2) is 48.2 Å². The first-order chi connectivity index (χ1) is 14.4. The number of carboxylic acid groups (broad SMARTS) is 1. The Balaban J connectivity index is 1.62. The van der Waals surface area contributed by atoms with Crippen LogP contribution in [0.25, 0.3) is 6.08 Å². The van der Waals surface area contributed by atoms with Gasteiger partial charge in [-0.25, -0.2) is 4.79 Å². The molecule has 1 saturated carbocycles. The van der Waals surface area contributed by atoms with Crippen molar-refractivity contribution in [3.05, 3.63) is 64.3 Å². The number of halogens is 1. The summed E-state index contributed by atoms with van der Waals surface area (Å²) in [5.74, 6) is 0.485. The van der Waals surface area contributed by atoms with Gasteiger partial charge in [0.2, 0.25) is 5.91 Å². The fraction of sp³-hybridized carbons (Fsp3) is 0.333. The Morgan fingerprint density at radius 1 is 1.17 bits per heavy atom. The van der Waals surface area contributed by atoms with Crippen molar-refractivity contribution in [3.8, 4) is 11.5 Å². The van der Waals surface area contributed by atoms with Crippen molar-refractivity contribution in [3.63, 3.8) is 0 Å². The van der Waals surface area contributed by atoms with E-state index in [1.165, 1.54) is 31.8 Å². The molecule has 0 saturated heterocycles. The van der Waals surface area contributed by atoms with Gasteiger partial charge in [-0.3, -0.25) is 4.79 Å². The zero-order valence-corrected chi connectivity index (χ0v) is 17.7. The fourth-order valence-electron chi connectivity index (χ4n) is 3.65. The second-order valence-corrected chi connectivity index (χ2v) is 8.12. The Labute approximate surface area is 181 Å². The maximum absolute atomic E-state index is 12.2. The fourth-order valence-corrected chi connectivity index (χ4v) is 3.88. The van der Waals surface area contributed by atoms with Crippen LogP contribution >= 0.6 is 11.6 Å². The summed E-state index contributed by atoms with van der Waals surface area (Å²) in [6.07, 6.45) is 7.40. The zero-order valence-electron chi connectivity index (χ0n) is 17.0. The number of carboxylic acids is 1. The molecule has 0 aromatic heterocycles. The van der Waals surface area contributed by atoms with Gasteiger partial charge in [0.05, 0.1) is 0 Å². The van der Waals surface area contributed by atoms with E-state index in [2.05, 4.69) is 5.32 Å². The van der Waals surface area contributed by atoms with Crippen LogP contribution in [0.3, 0.4) is 0 Å². The highest BCUT2D eigenvalue weighted by Gasteiger charge is 2.17. The average molecular weight is 428 g/mol. The molecule has 0 aliphatic heterocycles. The highest BCUT2D eigenvalue weighted by molar-refractivity contribution is 6.30. The van der Waals surface area contributed by atoms with E-state index in [0.29, 0.717) is 34.4 Å². The number of carbonyl (C=O) groups is 2. The van der Waals surface area contributed by atoms with Gasteiger partial charge in [0.25, 0.3) is 0 Å². The smallest absolute Gasteiger partial charge is 0.352 e. The van der Waals surface area contributed by atoms with Crippen molar-refractivity contribution >= 4 is 29.6 Å². The summed E-state index contributed by atoms with van der Waals surface area (Å²) in [5.41, 5.74) is 1.44. The molecule has 1 amide bonds. The Kier molecular flexibility index (Phi) is 7.52. The number of aryl methyl sites for hydroxylation is 1. The summed E-state index contributed by atoms with van der Waals surface area (Å²) in [6, 6.07) is 12.4. The van der Waals surface area contributed by atoms with E-state index in [4.69, 9.17) is 16.3 Å². The van der Waals surface area contributed by atoms with Crippen molar-refractivity contribution < 1.29 is 19.4 Å². The third kappa shape index (κ3) is 6.36. The molecule has 30 heavy (non-hydrogen) atoms. The molecule has 0 heterocycles. The van der Waals surface area contributed by atoms with Crippen molar-refractivity contribution in [1.82, 2.24) is 5.32 Å². The second kappa shape index (κ2) is 10.3. The Morgan fingerprint density at radius 2 is 1.87 bits per heavy atom. The van der Waals surface area contributed by atoms with Gasteiger partial charge < -0.3 is 15.2 Å². The maximum atomic E-state index is 12.2. The molecule has 0 radical (unpaired) electrons. The molecule has 0 spiro atoms. The number of nitrogens with one attached hydrogen (secondary N) is 1. The highest BCUT2D eigenvalue weighted by Crippen LogP contribution is 2.29. The van der Waals surface area contributed by atoms with E-state index >= 15 is 0 Å². The molecular formula is C24H26ClNO4. The topological polar surface area (TPSA) is 75.6 Å². The summed E-state index contributed by atoms with van der Waals surface area (Å²) in [7, 11) is 0. The van der Waals surface area contributed by atoms with Gasteiger partial charge in [0, 0.05) is 11.4 Å². The van der Waals surface area contributed by atoms with E-state index in [1.54, 1.807) is 36.4 Å². The SMILES string of the molecule is Cc1cc(Cl)ccc1Oc1ccc(/C=C(/NC(=O)CCC2CCCC2)C(=O)O)cc1. The number of amides is 1. The Morgan fingerprint density at radius 3 is 2.50 bits per heavy atom. The van der Waals surface area contributed by atoms with Gasteiger partial charge >= 0.3 is 5.97 Å². The van der Waals surface area contributed by atoms with Gasteiger partial charge in [-0.2, -0.15) is 0 Å². The van der Waals surface area contributed by atoms with Crippen LogP contribution in [0.5, 0.6) is 11.5 Å². The maximum Gasteiger partial charge on any atom is 0.352 e. The van der Waals surface area contributed by atoms with Crippen LogP contribution in [-0.4, -0.2) is 17.0 Å². The number of carbonyl (C=O) groups excluding carboxylic acids is 1. The van der Waals surface area contributed by atoms with Crippen LogP contribution in [-0.2, 0) is 9.59 Å². The van der Waals surface area contributed by atoms with Crippen molar-refractivity contribution in [2.75, 3.05) is 0 Å². The van der Waals surface area contributed by atoms with Crippen molar-refractivity contribution in [2.24, 2.45) is 5.92 Å². The van der Waals surface area contributed by atoms with Gasteiger partial charge in [0.15, 0.2) is 0 Å². The molecule has 2 N–H and O–H groups in total. The minimum atomic E-state index is -1.17. The molecule has 1 fully saturated rings. The number of benzene rings is 2. The number of rotatable bonds is 8. The molecule has 6 heteroatoms. The highest BCUT2D eigenvalue weighted by atomic mass is 35.5. The van der Waals surface area contributed by atoms with Crippen LogP contribution < -0.4 is 10.1 Å². The lowest BCUT2D eigenvalue weighted by Crippen LogP contribution is -2.27.